The van der Waals surface area contributed by atoms with Crippen LogP contribution in [0, 0.1) is 0 Å². The number of rotatable bonds is 8. The number of nitrogens with one attached hydrogen (secondary N) is 1. The summed E-state index contributed by atoms with van der Waals surface area (Å²) in [6, 6.07) is 15.0. The molecule has 6 nitrogen and oxygen atoms in total. The molecule has 0 spiro atoms. The first-order valence-corrected chi connectivity index (χ1v) is 8.29. The van der Waals surface area contributed by atoms with Gasteiger partial charge in [-0.25, -0.2) is 0 Å². The van der Waals surface area contributed by atoms with Crippen molar-refractivity contribution in [1.82, 2.24) is 5.32 Å². The van der Waals surface area contributed by atoms with Crippen LogP contribution in [0.25, 0.3) is 0 Å². The fourth-order valence-corrected chi connectivity index (χ4v) is 2.31. The Labute approximate surface area is 153 Å². The zero-order valence-corrected chi connectivity index (χ0v) is 15.3. The van der Waals surface area contributed by atoms with Crippen LogP contribution in [0.1, 0.15) is 11.1 Å². The second kappa shape index (κ2) is 9.46. The molecule has 0 heterocycles. The molecule has 0 bridgehead atoms. The van der Waals surface area contributed by atoms with Crippen molar-refractivity contribution in [2.24, 2.45) is 0 Å². The molecule has 0 aliphatic carbocycles. The summed E-state index contributed by atoms with van der Waals surface area (Å²) < 4.78 is 10.1. The average Bonchev–Trinajstić information content (AvgIpc) is 2.65. The van der Waals surface area contributed by atoms with Crippen molar-refractivity contribution >= 4 is 17.6 Å². The van der Waals surface area contributed by atoms with Gasteiger partial charge in [0.2, 0.25) is 0 Å². The third-order valence-electron chi connectivity index (χ3n) is 3.79. The Morgan fingerprint density at radius 1 is 1.04 bits per heavy atom. The van der Waals surface area contributed by atoms with Gasteiger partial charge in [-0.2, -0.15) is 0 Å². The molecule has 0 unspecified atom stereocenters. The maximum absolute atomic E-state index is 11.8. The standard InChI is InChI=1S/C20H24N2O4/c1-22(2)17-9-7-15(8-10-17)13-21-19(23)14-26-20(24)12-16-5-4-6-18(11-16)25-3/h4-11H,12-14H2,1-3H3,(H,21,23). The highest BCUT2D eigenvalue weighted by Crippen LogP contribution is 2.13. The number of esters is 1. The lowest BCUT2D eigenvalue weighted by Crippen LogP contribution is -2.28. The van der Waals surface area contributed by atoms with Crippen molar-refractivity contribution in [3.05, 3.63) is 59.7 Å². The van der Waals surface area contributed by atoms with Gasteiger partial charge in [0, 0.05) is 26.3 Å². The first-order valence-electron chi connectivity index (χ1n) is 8.29. The fourth-order valence-electron chi connectivity index (χ4n) is 2.31. The van der Waals surface area contributed by atoms with E-state index in [4.69, 9.17) is 9.47 Å². The minimum Gasteiger partial charge on any atom is -0.497 e. The largest absolute Gasteiger partial charge is 0.497 e. The van der Waals surface area contributed by atoms with Crippen LogP contribution in [0.3, 0.4) is 0 Å². The first kappa shape index (κ1) is 19.3. The molecular weight excluding hydrogens is 332 g/mol. The number of amides is 1. The molecule has 0 radical (unpaired) electrons. The zero-order valence-electron chi connectivity index (χ0n) is 15.3. The van der Waals surface area contributed by atoms with Gasteiger partial charge in [0.1, 0.15) is 5.75 Å². The smallest absolute Gasteiger partial charge is 0.310 e. The molecule has 6 heteroatoms. The van der Waals surface area contributed by atoms with Gasteiger partial charge in [-0.3, -0.25) is 9.59 Å². The Balaban J connectivity index is 1.73. The Kier molecular flexibility index (Phi) is 7.02. The molecular formula is C20H24N2O4. The topological polar surface area (TPSA) is 67.9 Å². The van der Waals surface area contributed by atoms with Crippen LogP contribution in [0.5, 0.6) is 5.75 Å². The molecule has 2 aromatic carbocycles. The average molecular weight is 356 g/mol. The summed E-state index contributed by atoms with van der Waals surface area (Å²) in [5.41, 5.74) is 2.84. The lowest BCUT2D eigenvalue weighted by molar-refractivity contribution is -0.147. The SMILES string of the molecule is COc1cccc(CC(=O)OCC(=O)NCc2ccc(N(C)C)cc2)c1. The van der Waals surface area contributed by atoms with E-state index in [0.717, 1.165) is 16.8 Å². The van der Waals surface area contributed by atoms with Crippen LogP contribution in [0.4, 0.5) is 5.69 Å². The molecule has 1 N–H and O–H groups in total. The molecule has 0 saturated heterocycles. The highest BCUT2D eigenvalue weighted by atomic mass is 16.5. The van der Waals surface area contributed by atoms with Gasteiger partial charge in [0.25, 0.3) is 5.91 Å². The van der Waals surface area contributed by atoms with Gasteiger partial charge in [0.05, 0.1) is 13.5 Å². The molecule has 0 aliphatic rings. The maximum Gasteiger partial charge on any atom is 0.310 e. The van der Waals surface area contributed by atoms with Crippen LogP contribution in [-0.4, -0.2) is 39.7 Å². The third kappa shape index (κ3) is 6.12. The van der Waals surface area contributed by atoms with Crippen LogP contribution in [-0.2, 0) is 27.3 Å². The number of benzene rings is 2. The monoisotopic (exact) mass is 356 g/mol. The number of carbonyl (C=O) groups is 2. The number of ether oxygens (including phenoxy) is 2. The van der Waals surface area contributed by atoms with Gasteiger partial charge in [0.15, 0.2) is 6.61 Å². The maximum atomic E-state index is 11.8. The molecule has 0 fully saturated rings. The van der Waals surface area contributed by atoms with E-state index in [1.54, 1.807) is 31.4 Å². The summed E-state index contributed by atoms with van der Waals surface area (Å²) in [4.78, 5) is 25.7. The molecule has 26 heavy (non-hydrogen) atoms. The normalized spacial score (nSPS) is 10.1. The summed E-state index contributed by atoms with van der Waals surface area (Å²) in [6.45, 7) is 0.0958. The van der Waals surface area contributed by atoms with E-state index in [9.17, 15) is 9.59 Å². The van der Waals surface area contributed by atoms with E-state index >= 15 is 0 Å². The van der Waals surface area contributed by atoms with E-state index in [1.807, 2.05) is 43.3 Å². The highest BCUT2D eigenvalue weighted by Gasteiger charge is 2.09. The van der Waals surface area contributed by atoms with Crippen molar-refractivity contribution in [2.45, 2.75) is 13.0 Å². The Hall–Kier alpha value is -3.02. The fraction of sp³-hybridized carbons (Fsp3) is 0.300. The summed E-state index contributed by atoms with van der Waals surface area (Å²) in [5.74, 6) is -0.113. The number of anilines is 1. The number of hydrogen-bond donors (Lipinski definition) is 1. The van der Waals surface area contributed by atoms with E-state index in [0.29, 0.717) is 12.3 Å². The van der Waals surface area contributed by atoms with Crippen molar-refractivity contribution in [2.75, 3.05) is 32.7 Å². The van der Waals surface area contributed by atoms with E-state index in [2.05, 4.69) is 5.32 Å². The molecule has 2 rings (SSSR count). The Morgan fingerprint density at radius 3 is 2.42 bits per heavy atom. The first-order chi connectivity index (χ1) is 12.5. The van der Waals surface area contributed by atoms with Gasteiger partial charge in [-0.1, -0.05) is 24.3 Å². The second-order valence-electron chi connectivity index (χ2n) is 6.03. The lowest BCUT2D eigenvalue weighted by atomic mass is 10.1. The predicted octanol–water partition coefficient (Wildman–Crippen LogP) is 2.16. The lowest BCUT2D eigenvalue weighted by Gasteiger charge is -2.13. The van der Waals surface area contributed by atoms with E-state index in [1.165, 1.54) is 0 Å². The number of carbonyl (C=O) groups excluding carboxylic acids is 2. The molecule has 0 aliphatic heterocycles. The van der Waals surface area contributed by atoms with Crippen molar-refractivity contribution < 1.29 is 19.1 Å². The van der Waals surface area contributed by atoms with E-state index in [-0.39, 0.29) is 18.9 Å². The van der Waals surface area contributed by atoms with Crippen LogP contribution >= 0.6 is 0 Å². The van der Waals surface area contributed by atoms with Crippen LogP contribution in [0.15, 0.2) is 48.5 Å². The summed E-state index contributed by atoms with van der Waals surface area (Å²) in [6.07, 6.45) is 0.0937. The molecule has 2 aromatic rings. The van der Waals surface area contributed by atoms with Gasteiger partial charge in [-0.05, 0) is 35.4 Å². The van der Waals surface area contributed by atoms with Gasteiger partial charge < -0.3 is 19.7 Å². The number of methoxy groups -OCH3 is 1. The molecule has 0 aromatic heterocycles. The third-order valence-corrected chi connectivity index (χ3v) is 3.79. The zero-order chi connectivity index (χ0) is 18.9. The van der Waals surface area contributed by atoms with E-state index < -0.39 is 5.97 Å². The predicted molar refractivity (Wildman–Crippen MR) is 100 cm³/mol. The number of nitrogens with zero attached hydrogens (tertiary/aromatic N) is 1. The Bertz CT molecular complexity index is 742. The van der Waals surface area contributed by atoms with Crippen molar-refractivity contribution in [3.8, 4) is 5.75 Å². The minimum absolute atomic E-state index is 0.0937. The van der Waals surface area contributed by atoms with Gasteiger partial charge in [-0.15, -0.1) is 0 Å². The quantitative estimate of drug-likeness (QED) is 0.734. The van der Waals surface area contributed by atoms with Crippen molar-refractivity contribution in [1.29, 1.82) is 0 Å². The van der Waals surface area contributed by atoms with Crippen molar-refractivity contribution in [3.63, 3.8) is 0 Å². The second-order valence-corrected chi connectivity index (χ2v) is 6.03. The Morgan fingerprint density at radius 2 is 1.77 bits per heavy atom. The van der Waals surface area contributed by atoms with Crippen LogP contribution < -0.4 is 15.0 Å². The number of hydrogen-bond acceptors (Lipinski definition) is 5. The van der Waals surface area contributed by atoms with Gasteiger partial charge >= 0.3 is 5.97 Å². The molecule has 138 valence electrons. The summed E-state index contributed by atoms with van der Waals surface area (Å²) >= 11 is 0. The highest BCUT2D eigenvalue weighted by molar-refractivity contribution is 5.81. The molecule has 0 atom stereocenters. The summed E-state index contributed by atoms with van der Waals surface area (Å²) in [5, 5.41) is 2.74. The molecule has 1 amide bonds. The minimum atomic E-state index is -0.455. The molecule has 0 saturated carbocycles. The van der Waals surface area contributed by atoms with Crippen LogP contribution in [0.2, 0.25) is 0 Å². The summed E-state index contributed by atoms with van der Waals surface area (Å²) in [7, 11) is 5.50.